The highest BCUT2D eigenvalue weighted by Gasteiger charge is 2.16. The Kier molecular flexibility index (Phi) is 4.25. The molecule has 2 aromatic heterocycles. The summed E-state index contributed by atoms with van der Waals surface area (Å²) in [6.45, 7) is 1.85. The second-order valence-electron chi connectivity index (χ2n) is 5.36. The monoisotopic (exact) mass is 338 g/mol. The maximum absolute atomic E-state index is 11.3. The van der Waals surface area contributed by atoms with Crippen LogP contribution >= 0.6 is 0 Å². The van der Waals surface area contributed by atoms with Gasteiger partial charge < -0.3 is 10.2 Å². The zero-order chi connectivity index (χ0) is 18.0. The number of fused-ring (bicyclic) bond motifs is 1. The number of aryl methyl sites for hydroxylation is 1. The highest BCUT2D eigenvalue weighted by Crippen LogP contribution is 2.27. The number of aliphatic carboxylic acids is 1. The number of carboxylic acids is 2. The number of carbonyl (C=O) groups is 2. The third-order valence-electron chi connectivity index (χ3n) is 3.60. The number of aromatic carboxylic acids is 1. The van der Waals surface area contributed by atoms with Crippen molar-refractivity contribution in [3.63, 3.8) is 0 Å². The van der Waals surface area contributed by atoms with Gasteiger partial charge in [0.15, 0.2) is 5.82 Å². The fourth-order valence-electron chi connectivity index (χ4n) is 2.45. The lowest BCUT2D eigenvalue weighted by Gasteiger charge is -2.00. The molecule has 126 valence electrons. The number of hydrogen-bond acceptors (Lipinski definition) is 5. The molecule has 2 N–H and O–H groups in total. The van der Waals surface area contributed by atoms with Crippen LogP contribution < -0.4 is 0 Å². The van der Waals surface area contributed by atoms with Crippen molar-refractivity contribution in [2.45, 2.75) is 13.3 Å². The molecule has 8 nitrogen and oxygen atoms in total. The molecular weight excluding hydrogens is 324 g/mol. The molecule has 3 rings (SSSR count). The van der Waals surface area contributed by atoms with Crippen molar-refractivity contribution in [1.29, 1.82) is 0 Å². The quantitative estimate of drug-likeness (QED) is 0.692. The summed E-state index contributed by atoms with van der Waals surface area (Å²) in [6.07, 6.45) is 1.40. The SMILES string of the molecule is Cc1cccn2c(N=Nc3ccccc3C(=O)O)c(CC(=O)O)nc12. The molecule has 0 fully saturated rings. The van der Waals surface area contributed by atoms with Crippen LogP contribution in [0, 0.1) is 6.92 Å². The van der Waals surface area contributed by atoms with Gasteiger partial charge in [0, 0.05) is 6.20 Å². The van der Waals surface area contributed by atoms with Crippen molar-refractivity contribution in [3.05, 3.63) is 59.4 Å². The summed E-state index contributed by atoms with van der Waals surface area (Å²) in [5, 5.41) is 26.4. The molecule has 0 bridgehead atoms. The number of aromatic nitrogens is 2. The Morgan fingerprint density at radius 1 is 1.12 bits per heavy atom. The van der Waals surface area contributed by atoms with Crippen molar-refractivity contribution < 1.29 is 19.8 Å². The number of rotatable bonds is 5. The van der Waals surface area contributed by atoms with E-state index in [9.17, 15) is 14.7 Å². The Balaban J connectivity index is 2.13. The van der Waals surface area contributed by atoms with Crippen LogP contribution in [0.5, 0.6) is 0 Å². The summed E-state index contributed by atoms with van der Waals surface area (Å²) in [5.74, 6) is -1.89. The van der Waals surface area contributed by atoms with E-state index >= 15 is 0 Å². The highest BCUT2D eigenvalue weighted by molar-refractivity contribution is 5.93. The number of benzene rings is 1. The molecule has 0 atom stereocenters. The predicted octanol–water partition coefficient (Wildman–Crippen LogP) is 3.38. The van der Waals surface area contributed by atoms with E-state index < -0.39 is 11.9 Å². The molecule has 3 aromatic rings. The molecule has 0 spiro atoms. The smallest absolute Gasteiger partial charge is 0.337 e. The second kappa shape index (κ2) is 6.52. The first-order chi connectivity index (χ1) is 12.0. The van der Waals surface area contributed by atoms with Gasteiger partial charge in [-0.15, -0.1) is 10.2 Å². The summed E-state index contributed by atoms with van der Waals surface area (Å²) >= 11 is 0. The molecule has 25 heavy (non-hydrogen) atoms. The maximum atomic E-state index is 11.3. The zero-order valence-corrected chi connectivity index (χ0v) is 13.2. The number of imidazole rings is 1. The first kappa shape index (κ1) is 16.3. The topological polar surface area (TPSA) is 117 Å². The van der Waals surface area contributed by atoms with Gasteiger partial charge in [0.2, 0.25) is 0 Å². The Bertz CT molecular complexity index is 1010. The van der Waals surface area contributed by atoms with E-state index in [2.05, 4.69) is 15.2 Å². The minimum absolute atomic E-state index is 0.0102. The molecular formula is C17H14N4O4. The summed E-state index contributed by atoms with van der Waals surface area (Å²) < 4.78 is 1.64. The number of nitrogens with zero attached hydrogens (tertiary/aromatic N) is 4. The lowest BCUT2D eigenvalue weighted by molar-refractivity contribution is -0.136. The summed E-state index contributed by atoms with van der Waals surface area (Å²) in [4.78, 5) is 26.7. The van der Waals surface area contributed by atoms with Crippen molar-refractivity contribution in [2.75, 3.05) is 0 Å². The Hall–Kier alpha value is -3.55. The molecule has 0 saturated heterocycles. The van der Waals surface area contributed by atoms with E-state index in [0.717, 1.165) is 5.56 Å². The Labute approximate surface area is 142 Å². The van der Waals surface area contributed by atoms with Gasteiger partial charge in [0.05, 0.1) is 17.7 Å². The van der Waals surface area contributed by atoms with Gasteiger partial charge in [0.1, 0.15) is 11.3 Å². The van der Waals surface area contributed by atoms with Gasteiger partial charge in [-0.05, 0) is 30.7 Å². The van der Waals surface area contributed by atoms with E-state index in [0.29, 0.717) is 5.65 Å². The molecule has 0 radical (unpaired) electrons. The summed E-state index contributed by atoms with van der Waals surface area (Å²) in [5.41, 5.74) is 1.90. The van der Waals surface area contributed by atoms with Crippen LogP contribution in [0.3, 0.4) is 0 Å². The summed E-state index contributed by atoms with van der Waals surface area (Å²) in [7, 11) is 0. The number of hydrogen-bond donors (Lipinski definition) is 2. The molecule has 0 amide bonds. The van der Waals surface area contributed by atoms with Crippen molar-refractivity contribution in [2.24, 2.45) is 10.2 Å². The normalized spacial score (nSPS) is 11.2. The fraction of sp³-hybridized carbons (Fsp3) is 0.118. The molecule has 1 aromatic carbocycles. The van der Waals surface area contributed by atoms with E-state index in [1.54, 1.807) is 28.8 Å². The third-order valence-corrected chi connectivity index (χ3v) is 3.60. The van der Waals surface area contributed by atoms with Gasteiger partial charge in [-0.25, -0.2) is 9.78 Å². The van der Waals surface area contributed by atoms with Crippen LogP contribution in [0.1, 0.15) is 21.6 Å². The minimum Gasteiger partial charge on any atom is -0.481 e. The largest absolute Gasteiger partial charge is 0.481 e. The Morgan fingerprint density at radius 3 is 2.60 bits per heavy atom. The number of azo groups is 1. The molecule has 0 aliphatic carbocycles. The maximum Gasteiger partial charge on any atom is 0.337 e. The van der Waals surface area contributed by atoms with Crippen LogP contribution in [-0.2, 0) is 11.2 Å². The van der Waals surface area contributed by atoms with Gasteiger partial charge in [0.25, 0.3) is 0 Å². The predicted molar refractivity (Wildman–Crippen MR) is 88.8 cm³/mol. The molecule has 0 aliphatic heterocycles. The van der Waals surface area contributed by atoms with Gasteiger partial charge in [-0.1, -0.05) is 18.2 Å². The van der Waals surface area contributed by atoms with Crippen LogP contribution in [-0.4, -0.2) is 31.5 Å². The van der Waals surface area contributed by atoms with E-state index in [1.165, 1.54) is 12.1 Å². The van der Waals surface area contributed by atoms with E-state index in [4.69, 9.17) is 5.11 Å². The first-order valence-electron chi connectivity index (χ1n) is 7.40. The number of carboxylic acid groups (broad SMARTS) is 2. The zero-order valence-electron chi connectivity index (χ0n) is 13.2. The van der Waals surface area contributed by atoms with Crippen molar-refractivity contribution >= 4 is 29.1 Å². The summed E-state index contributed by atoms with van der Waals surface area (Å²) in [6, 6.07) is 9.84. The van der Waals surface area contributed by atoms with Gasteiger partial charge >= 0.3 is 11.9 Å². The van der Waals surface area contributed by atoms with Gasteiger partial charge in [-0.2, -0.15) is 0 Å². The second-order valence-corrected chi connectivity index (χ2v) is 5.36. The van der Waals surface area contributed by atoms with Crippen molar-refractivity contribution in [1.82, 2.24) is 9.38 Å². The first-order valence-corrected chi connectivity index (χ1v) is 7.40. The lowest BCUT2D eigenvalue weighted by atomic mass is 10.2. The van der Waals surface area contributed by atoms with E-state index in [1.807, 2.05) is 13.0 Å². The average Bonchev–Trinajstić information content (AvgIpc) is 2.91. The molecule has 0 saturated carbocycles. The van der Waals surface area contributed by atoms with Crippen molar-refractivity contribution in [3.8, 4) is 0 Å². The molecule has 8 heteroatoms. The standard InChI is InChI=1S/C17H14N4O4/c1-10-5-4-8-21-15(10)18-13(9-14(22)23)16(21)20-19-12-7-3-2-6-11(12)17(24)25/h2-8H,9H2,1H3,(H,22,23)(H,24,25). The molecule has 0 aliphatic rings. The third kappa shape index (κ3) is 3.23. The Morgan fingerprint density at radius 2 is 1.88 bits per heavy atom. The van der Waals surface area contributed by atoms with Crippen LogP contribution in [0.25, 0.3) is 5.65 Å². The van der Waals surface area contributed by atoms with Crippen LogP contribution in [0.4, 0.5) is 11.5 Å². The molecule has 2 heterocycles. The number of pyridine rings is 1. The minimum atomic E-state index is -1.12. The average molecular weight is 338 g/mol. The van der Waals surface area contributed by atoms with Gasteiger partial charge in [-0.3, -0.25) is 9.20 Å². The lowest BCUT2D eigenvalue weighted by Crippen LogP contribution is -2.00. The van der Waals surface area contributed by atoms with E-state index in [-0.39, 0.29) is 29.2 Å². The van der Waals surface area contributed by atoms with Crippen LogP contribution in [0.15, 0.2) is 52.8 Å². The highest BCUT2D eigenvalue weighted by atomic mass is 16.4. The van der Waals surface area contributed by atoms with Crippen LogP contribution in [0.2, 0.25) is 0 Å². The molecule has 0 unspecified atom stereocenters. The fourth-order valence-corrected chi connectivity index (χ4v) is 2.45.